The number of amides is 1. The molecule has 8 nitrogen and oxygen atoms in total. The Kier molecular flexibility index (Phi) is 6.10. The van der Waals surface area contributed by atoms with Crippen molar-refractivity contribution in [3.8, 4) is 0 Å². The summed E-state index contributed by atoms with van der Waals surface area (Å²) in [5.74, 6) is 1.35. The van der Waals surface area contributed by atoms with Crippen molar-refractivity contribution >= 4 is 40.2 Å². The maximum atomic E-state index is 12.6. The number of carbonyl (C=O) groups excluding carboxylic acids is 2. The summed E-state index contributed by atoms with van der Waals surface area (Å²) >= 11 is 6.12. The first-order valence-electron chi connectivity index (χ1n) is 12.0. The maximum Gasteiger partial charge on any atom is 0.414 e. The first-order chi connectivity index (χ1) is 16.4. The Bertz CT molecular complexity index is 1240. The lowest BCUT2D eigenvalue weighted by Gasteiger charge is -2.34. The summed E-state index contributed by atoms with van der Waals surface area (Å²) in [4.78, 5) is 31.3. The van der Waals surface area contributed by atoms with E-state index in [9.17, 15) is 9.59 Å². The molecule has 0 spiro atoms. The molecule has 1 saturated carbocycles. The van der Waals surface area contributed by atoms with E-state index in [1.165, 1.54) is 7.11 Å². The first-order valence-corrected chi connectivity index (χ1v) is 12.3. The second-order valence-corrected chi connectivity index (χ2v) is 9.97. The van der Waals surface area contributed by atoms with E-state index in [4.69, 9.17) is 21.3 Å². The number of methoxy groups -OCH3 is 1. The van der Waals surface area contributed by atoms with Gasteiger partial charge in [-0.25, -0.2) is 9.78 Å². The van der Waals surface area contributed by atoms with E-state index in [0.29, 0.717) is 11.6 Å². The van der Waals surface area contributed by atoms with Crippen LogP contribution < -0.4 is 4.90 Å². The van der Waals surface area contributed by atoms with Crippen molar-refractivity contribution < 1.29 is 14.3 Å². The Morgan fingerprint density at radius 3 is 2.59 bits per heavy atom. The number of ketones is 1. The number of ether oxygens (including phenoxy) is 1. The van der Waals surface area contributed by atoms with Crippen molar-refractivity contribution in [2.45, 2.75) is 71.0 Å². The van der Waals surface area contributed by atoms with Gasteiger partial charge in [0.25, 0.3) is 0 Å². The molecule has 3 heterocycles. The van der Waals surface area contributed by atoms with Crippen LogP contribution in [0.3, 0.4) is 0 Å². The molecular weight excluding hydrogens is 454 g/mol. The van der Waals surface area contributed by atoms with Crippen molar-refractivity contribution in [2.75, 3.05) is 12.0 Å². The van der Waals surface area contributed by atoms with Gasteiger partial charge in [-0.1, -0.05) is 11.6 Å². The molecule has 5 rings (SSSR count). The van der Waals surface area contributed by atoms with Gasteiger partial charge in [0, 0.05) is 29.8 Å². The van der Waals surface area contributed by atoms with Crippen molar-refractivity contribution in [3.05, 3.63) is 40.9 Å². The fourth-order valence-electron chi connectivity index (χ4n) is 5.65. The zero-order valence-electron chi connectivity index (χ0n) is 19.8. The lowest BCUT2D eigenvalue weighted by molar-refractivity contribution is -0.121. The van der Waals surface area contributed by atoms with Gasteiger partial charge in [0.15, 0.2) is 0 Å². The van der Waals surface area contributed by atoms with Crippen LogP contribution in [0.1, 0.15) is 63.4 Å². The lowest BCUT2D eigenvalue weighted by atomic mass is 9.83. The Morgan fingerprint density at radius 2 is 1.94 bits per heavy atom. The fraction of sp³-hybridized carbons (Fsp3) is 0.520. The monoisotopic (exact) mass is 483 g/mol. The molecule has 0 N–H and O–H groups in total. The van der Waals surface area contributed by atoms with Crippen LogP contribution in [0.4, 0.5) is 10.5 Å². The third-order valence-corrected chi connectivity index (χ3v) is 7.64. The van der Waals surface area contributed by atoms with Crippen LogP contribution >= 0.6 is 11.6 Å². The fourth-order valence-corrected chi connectivity index (χ4v) is 5.81. The summed E-state index contributed by atoms with van der Waals surface area (Å²) in [5.41, 5.74) is 3.95. The Morgan fingerprint density at radius 1 is 1.18 bits per heavy atom. The molecule has 34 heavy (non-hydrogen) atoms. The number of benzene rings is 1. The maximum absolute atomic E-state index is 12.6. The van der Waals surface area contributed by atoms with Crippen LogP contribution in [-0.2, 0) is 22.5 Å². The van der Waals surface area contributed by atoms with Gasteiger partial charge in [-0.05, 0) is 64.5 Å². The Labute approximate surface area is 203 Å². The highest BCUT2D eigenvalue weighted by molar-refractivity contribution is 6.30. The van der Waals surface area contributed by atoms with Crippen LogP contribution in [0.15, 0.2) is 24.5 Å². The minimum absolute atomic E-state index is 0.0621. The van der Waals surface area contributed by atoms with Gasteiger partial charge in [0.05, 0.1) is 41.6 Å². The first kappa shape index (κ1) is 22.9. The van der Waals surface area contributed by atoms with Crippen LogP contribution in [-0.4, -0.2) is 44.4 Å². The number of halogens is 1. The highest BCUT2D eigenvalue weighted by atomic mass is 35.5. The van der Waals surface area contributed by atoms with E-state index in [0.717, 1.165) is 66.6 Å². The summed E-state index contributed by atoms with van der Waals surface area (Å²) in [5, 5.41) is 4.95. The molecule has 1 aliphatic heterocycles. The Balaban J connectivity index is 1.61. The number of nitrogens with zero attached hydrogens (tertiary/aromatic N) is 5. The largest absolute Gasteiger partial charge is 0.452 e. The average molecular weight is 484 g/mol. The van der Waals surface area contributed by atoms with E-state index in [2.05, 4.69) is 15.7 Å². The number of rotatable bonds is 4. The topological polar surface area (TPSA) is 82.2 Å². The number of Topliss-reactive ketones (excluding diaryl/α,β-unsaturated/α-hetero) is 1. The van der Waals surface area contributed by atoms with Crippen molar-refractivity contribution in [1.82, 2.24) is 19.3 Å². The van der Waals surface area contributed by atoms with E-state index in [1.807, 2.05) is 13.0 Å². The van der Waals surface area contributed by atoms with Gasteiger partial charge < -0.3 is 9.30 Å². The molecule has 1 aliphatic carbocycles. The zero-order valence-corrected chi connectivity index (χ0v) is 20.6. The number of imidazole rings is 1. The quantitative estimate of drug-likeness (QED) is 0.511. The number of aromatic nitrogens is 4. The number of fused-ring (bicyclic) bond motifs is 3. The SMILES string of the molecule is COC(=O)N1c2ccc3c(nc(Cn4cc(Cl)cn4)n3C3CCC(C(C)=O)CC3)c2CC[C@@H]1C. The molecule has 2 aliphatic rings. The molecule has 0 saturated heterocycles. The summed E-state index contributed by atoms with van der Waals surface area (Å²) in [6.07, 6.45) is 8.44. The minimum atomic E-state index is -0.346. The Hall–Kier alpha value is -2.87. The third kappa shape index (κ3) is 3.98. The van der Waals surface area contributed by atoms with Crippen LogP contribution in [0.2, 0.25) is 5.02 Å². The minimum Gasteiger partial charge on any atom is -0.452 e. The number of anilines is 1. The third-order valence-electron chi connectivity index (χ3n) is 7.44. The van der Waals surface area contributed by atoms with Crippen LogP contribution in [0, 0.1) is 5.92 Å². The van der Waals surface area contributed by atoms with Crippen LogP contribution in [0.5, 0.6) is 0 Å². The van der Waals surface area contributed by atoms with Crippen molar-refractivity contribution in [1.29, 1.82) is 0 Å². The van der Waals surface area contributed by atoms with E-state index < -0.39 is 0 Å². The van der Waals surface area contributed by atoms with Crippen molar-refractivity contribution in [2.24, 2.45) is 5.92 Å². The molecule has 9 heteroatoms. The predicted octanol–water partition coefficient (Wildman–Crippen LogP) is 5.16. The summed E-state index contributed by atoms with van der Waals surface area (Å²) in [6.45, 7) is 4.24. The molecule has 3 aromatic rings. The number of hydrogen-bond donors (Lipinski definition) is 0. The summed E-state index contributed by atoms with van der Waals surface area (Å²) in [6, 6.07) is 4.43. The molecule has 180 valence electrons. The standard InChI is InChI=1S/C25H30ClN5O3/c1-15-4-9-20-21(30(15)25(33)34-3)10-11-22-24(20)28-23(14-29-13-18(26)12-27-29)31(22)19-7-5-17(6-8-19)16(2)32/h10-13,15,17,19H,4-9,14H2,1-3H3/t15-,17?,19?/m0/s1. The molecule has 1 aromatic carbocycles. The molecule has 0 radical (unpaired) electrons. The van der Waals surface area contributed by atoms with Gasteiger partial charge in [-0.2, -0.15) is 5.10 Å². The highest BCUT2D eigenvalue weighted by Crippen LogP contribution is 2.40. The smallest absolute Gasteiger partial charge is 0.414 e. The average Bonchev–Trinajstić information content (AvgIpc) is 3.41. The zero-order chi connectivity index (χ0) is 24.0. The van der Waals surface area contributed by atoms with Gasteiger partial charge >= 0.3 is 6.09 Å². The number of hydrogen-bond acceptors (Lipinski definition) is 5. The molecule has 0 bridgehead atoms. The predicted molar refractivity (Wildman–Crippen MR) is 130 cm³/mol. The molecular formula is C25H30ClN5O3. The van der Waals surface area contributed by atoms with E-state index in [1.54, 1.807) is 28.9 Å². The van der Waals surface area contributed by atoms with Gasteiger partial charge in [-0.15, -0.1) is 0 Å². The van der Waals surface area contributed by atoms with Crippen LogP contribution in [0.25, 0.3) is 11.0 Å². The lowest BCUT2D eigenvalue weighted by Crippen LogP contribution is -2.42. The second-order valence-electron chi connectivity index (χ2n) is 9.53. The van der Waals surface area contributed by atoms with Crippen molar-refractivity contribution in [3.63, 3.8) is 0 Å². The molecule has 1 amide bonds. The summed E-state index contributed by atoms with van der Waals surface area (Å²) in [7, 11) is 1.42. The normalized spacial score (nSPS) is 22.6. The van der Waals surface area contributed by atoms with E-state index in [-0.39, 0.29) is 29.9 Å². The molecule has 1 fully saturated rings. The van der Waals surface area contributed by atoms with Gasteiger partial charge in [0.2, 0.25) is 0 Å². The van der Waals surface area contributed by atoms with Gasteiger partial charge in [-0.3, -0.25) is 14.4 Å². The highest BCUT2D eigenvalue weighted by Gasteiger charge is 2.33. The second kappa shape index (κ2) is 9.06. The molecule has 1 atom stereocenters. The molecule has 2 aromatic heterocycles. The molecule has 0 unspecified atom stereocenters. The van der Waals surface area contributed by atoms with Gasteiger partial charge in [0.1, 0.15) is 11.6 Å². The summed E-state index contributed by atoms with van der Waals surface area (Å²) < 4.78 is 9.21. The number of carbonyl (C=O) groups is 2. The number of aryl methyl sites for hydroxylation is 1. The van der Waals surface area contributed by atoms with E-state index >= 15 is 0 Å².